The summed E-state index contributed by atoms with van der Waals surface area (Å²) in [5.41, 5.74) is 4.95. The Labute approximate surface area is 189 Å². The molecule has 1 amide bonds. The van der Waals surface area contributed by atoms with Crippen molar-refractivity contribution in [3.63, 3.8) is 0 Å². The molecule has 0 heterocycles. The van der Waals surface area contributed by atoms with Crippen molar-refractivity contribution in [1.29, 1.82) is 0 Å². The fourth-order valence-electron chi connectivity index (χ4n) is 6.43. The molecule has 1 aromatic carbocycles. The summed E-state index contributed by atoms with van der Waals surface area (Å²) in [5.74, 6) is 0.949. The molecule has 1 aromatic rings. The molecule has 31 heavy (non-hydrogen) atoms. The largest absolute Gasteiger partial charge is 0.393 e. The molecule has 2 saturated carbocycles. The molecule has 3 nitrogen and oxygen atoms in total. The first kappa shape index (κ1) is 23.8. The number of carbonyl (C=O) groups excluding carboxylic acids is 1. The maximum atomic E-state index is 12.4. The third-order valence-electron chi connectivity index (χ3n) is 8.31. The van der Waals surface area contributed by atoms with E-state index in [0.717, 1.165) is 49.7 Å². The van der Waals surface area contributed by atoms with E-state index in [-0.39, 0.29) is 22.8 Å². The summed E-state index contributed by atoms with van der Waals surface area (Å²) < 4.78 is 0. The van der Waals surface area contributed by atoms with Crippen LogP contribution < -0.4 is 5.32 Å². The Bertz CT molecular complexity index is 852. The minimum absolute atomic E-state index is 0.0208. The molecule has 0 aliphatic heterocycles. The van der Waals surface area contributed by atoms with Crippen molar-refractivity contribution in [1.82, 2.24) is 5.32 Å². The highest BCUT2D eigenvalue weighted by molar-refractivity contribution is 5.88. The Morgan fingerprint density at radius 2 is 2.03 bits per heavy atom. The van der Waals surface area contributed by atoms with Crippen molar-refractivity contribution in [2.45, 2.75) is 85.8 Å². The van der Waals surface area contributed by atoms with Gasteiger partial charge >= 0.3 is 0 Å². The van der Waals surface area contributed by atoms with Gasteiger partial charge in [0.25, 0.3) is 0 Å². The fourth-order valence-corrected chi connectivity index (χ4v) is 6.43. The average molecular weight is 424 g/mol. The van der Waals surface area contributed by atoms with Gasteiger partial charge in [-0.2, -0.15) is 0 Å². The fraction of sp³-hybridized carbons (Fsp3) is 0.607. The van der Waals surface area contributed by atoms with Gasteiger partial charge in [-0.25, -0.2) is 0 Å². The smallest absolute Gasteiger partial charge is 0.244 e. The monoisotopic (exact) mass is 423 g/mol. The second kappa shape index (κ2) is 9.32. The summed E-state index contributed by atoms with van der Waals surface area (Å²) in [5, 5.41) is 13.6. The molecule has 3 heteroatoms. The van der Waals surface area contributed by atoms with Crippen LogP contribution in [0.5, 0.6) is 0 Å². The van der Waals surface area contributed by atoms with E-state index >= 15 is 0 Å². The Kier molecular flexibility index (Phi) is 7.15. The van der Waals surface area contributed by atoms with Crippen molar-refractivity contribution < 1.29 is 9.90 Å². The molecule has 0 radical (unpaired) electrons. The third kappa shape index (κ3) is 5.14. The summed E-state index contributed by atoms with van der Waals surface area (Å²) in [6, 6.07) is 8.23. The highest BCUT2D eigenvalue weighted by atomic mass is 16.3. The van der Waals surface area contributed by atoms with E-state index < -0.39 is 0 Å². The van der Waals surface area contributed by atoms with Crippen LogP contribution in [-0.4, -0.2) is 17.1 Å². The van der Waals surface area contributed by atoms with Gasteiger partial charge in [-0.3, -0.25) is 4.79 Å². The van der Waals surface area contributed by atoms with Crippen LogP contribution in [0, 0.1) is 29.6 Å². The van der Waals surface area contributed by atoms with E-state index in [4.69, 9.17) is 0 Å². The van der Waals surface area contributed by atoms with Crippen LogP contribution in [0.4, 0.5) is 0 Å². The predicted octanol–water partition coefficient (Wildman–Crippen LogP) is 6.11. The predicted molar refractivity (Wildman–Crippen MR) is 128 cm³/mol. The van der Waals surface area contributed by atoms with Crippen molar-refractivity contribution in [2.24, 2.45) is 22.7 Å². The summed E-state index contributed by atoms with van der Waals surface area (Å²) in [7, 11) is 0. The van der Waals surface area contributed by atoms with E-state index in [1.165, 1.54) is 11.1 Å². The Balaban J connectivity index is 1.60. The number of carbonyl (C=O) groups is 1. The minimum atomic E-state index is -0.212. The van der Waals surface area contributed by atoms with Gasteiger partial charge in [-0.1, -0.05) is 68.3 Å². The molecule has 0 unspecified atom stereocenters. The molecule has 170 valence electrons. The minimum Gasteiger partial charge on any atom is -0.393 e. The van der Waals surface area contributed by atoms with E-state index in [1.54, 1.807) is 6.08 Å². The number of benzene rings is 1. The van der Waals surface area contributed by atoms with Crippen LogP contribution in [0.2, 0.25) is 0 Å². The van der Waals surface area contributed by atoms with Crippen LogP contribution in [0.3, 0.4) is 0 Å². The van der Waals surface area contributed by atoms with Gasteiger partial charge in [0.2, 0.25) is 5.91 Å². The molecular formula is C28H41NO2. The van der Waals surface area contributed by atoms with Crippen LogP contribution in [0.15, 0.2) is 48.1 Å². The highest BCUT2D eigenvalue weighted by Crippen LogP contribution is 2.61. The summed E-state index contributed by atoms with van der Waals surface area (Å²) in [6.45, 7) is 16.0. The normalized spacial score (nSPS) is 30.6. The Morgan fingerprint density at radius 1 is 1.29 bits per heavy atom. The molecule has 0 bridgehead atoms. The second-order valence-corrected chi connectivity index (χ2v) is 10.9. The number of fused-ring (bicyclic) bond motifs is 1. The first-order valence-electron chi connectivity index (χ1n) is 11.9. The van der Waals surface area contributed by atoms with Crippen molar-refractivity contribution >= 4 is 5.91 Å². The first-order chi connectivity index (χ1) is 14.5. The lowest BCUT2D eigenvalue weighted by Gasteiger charge is -2.59. The molecule has 2 aliphatic carbocycles. The van der Waals surface area contributed by atoms with E-state index in [0.29, 0.717) is 18.4 Å². The number of aliphatic hydroxyl groups excluding tert-OH is 1. The lowest BCUT2D eigenvalue weighted by atomic mass is 9.46. The molecule has 2 aliphatic rings. The van der Waals surface area contributed by atoms with Gasteiger partial charge in [0.05, 0.1) is 6.10 Å². The zero-order valence-corrected chi connectivity index (χ0v) is 20.1. The number of rotatable bonds is 6. The SMILES string of the molecule is C=C1CC[C@@H]2C(C)(C)[C@H](O)CC[C@@]2(C)[C@@H]1CC/C(C)=C/C(=O)NCc1cccc(C)c1. The van der Waals surface area contributed by atoms with E-state index in [9.17, 15) is 9.90 Å². The average Bonchev–Trinajstić information content (AvgIpc) is 2.69. The summed E-state index contributed by atoms with van der Waals surface area (Å²) in [4.78, 5) is 12.4. The van der Waals surface area contributed by atoms with E-state index in [2.05, 4.69) is 58.6 Å². The molecule has 0 aromatic heterocycles. The zero-order valence-electron chi connectivity index (χ0n) is 20.1. The third-order valence-corrected chi connectivity index (χ3v) is 8.31. The van der Waals surface area contributed by atoms with Crippen LogP contribution in [0.25, 0.3) is 0 Å². The topological polar surface area (TPSA) is 49.3 Å². The lowest BCUT2D eigenvalue weighted by Crippen LogP contribution is -2.54. The quantitative estimate of drug-likeness (QED) is 0.428. The van der Waals surface area contributed by atoms with E-state index in [1.807, 2.05) is 12.1 Å². The first-order valence-corrected chi connectivity index (χ1v) is 11.9. The van der Waals surface area contributed by atoms with Gasteiger partial charge in [-0.15, -0.1) is 0 Å². The van der Waals surface area contributed by atoms with Crippen molar-refractivity contribution in [3.05, 3.63) is 59.2 Å². The molecule has 2 fully saturated rings. The highest BCUT2D eigenvalue weighted by Gasteiger charge is 2.55. The zero-order chi connectivity index (χ0) is 22.8. The summed E-state index contributed by atoms with van der Waals surface area (Å²) >= 11 is 0. The molecular weight excluding hydrogens is 382 g/mol. The number of amides is 1. The van der Waals surface area contributed by atoms with Crippen LogP contribution in [-0.2, 0) is 11.3 Å². The van der Waals surface area contributed by atoms with Crippen molar-refractivity contribution in [3.8, 4) is 0 Å². The second-order valence-electron chi connectivity index (χ2n) is 10.9. The van der Waals surface area contributed by atoms with Gasteiger partial charge in [0.15, 0.2) is 0 Å². The molecule has 0 saturated heterocycles. The maximum absolute atomic E-state index is 12.4. The molecule has 2 N–H and O–H groups in total. The maximum Gasteiger partial charge on any atom is 0.244 e. The number of allylic oxidation sites excluding steroid dienone is 2. The Hall–Kier alpha value is -1.87. The van der Waals surface area contributed by atoms with Crippen molar-refractivity contribution in [2.75, 3.05) is 0 Å². The number of aryl methyl sites for hydroxylation is 1. The standard InChI is InChI=1S/C28H41NO2/c1-19-8-7-9-22(16-19)18-29-26(31)17-20(2)10-12-23-21(3)11-13-24-27(4,5)25(30)14-15-28(23,24)6/h7-9,16-17,23-25,30H,3,10-15,18H2,1-2,4-6H3,(H,29,31)/b20-17+/t23-,24-,25-,28+/m1/s1. The number of hydrogen-bond acceptors (Lipinski definition) is 2. The summed E-state index contributed by atoms with van der Waals surface area (Å²) in [6.07, 6.45) is 7.61. The Morgan fingerprint density at radius 3 is 2.74 bits per heavy atom. The lowest BCUT2D eigenvalue weighted by molar-refractivity contribution is -0.124. The molecule has 4 atom stereocenters. The number of nitrogens with one attached hydrogen (secondary N) is 1. The van der Waals surface area contributed by atoms with Crippen LogP contribution >= 0.6 is 0 Å². The van der Waals surface area contributed by atoms with Gasteiger partial charge < -0.3 is 10.4 Å². The number of hydrogen-bond donors (Lipinski definition) is 2. The van der Waals surface area contributed by atoms with Crippen LogP contribution in [0.1, 0.15) is 77.3 Å². The molecule has 0 spiro atoms. The molecule has 3 rings (SSSR count). The number of aliphatic hydroxyl groups is 1. The van der Waals surface area contributed by atoms with Gasteiger partial charge in [0.1, 0.15) is 0 Å². The van der Waals surface area contributed by atoms with Gasteiger partial charge in [-0.05, 0) is 80.6 Å². The van der Waals surface area contributed by atoms with Gasteiger partial charge in [0, 0.05) is 12.6 Å².